The van der Waals surface area contributed by atoms with Crippen LogP contribution in [-0.2, 0) is 4.79 Å². The van der Waals surface area contributed by atoms with E-state index in [0.717, 1.165) is 6.92 Å². The highest BCUT2D eigenvalue weighted by atomic mass is 16.4. The van der Waals surface area contributed by atoms with Gasteiger partial charge in [0.2, 0.25) is 0 Å². The number of benzene rings is 4. The number of nitrogens with zero attached hydrogens (tertiary/aromatic N) is 2. The Morgan fingerprint density at radius 1 is 0.468 bits per heavy atom. The Bertz CT molecular complexity index is 1110. The first-order valence-electron chi connectivity index (χ1n) is 17.5. The number of carboxylic acid groups (broad SMARTS) is 1. The summed E-state index contributed by atoms with van der Waals surface area (Å²) >= 11 is 0. The van der Waals surface area contributed by atoms with Crippen LogP contribution in [0, 0.1) is 0 Å². The molecule has 4 aromatic carbocycles. The van der Waals surface area contributed by atoms with E-state index in [1.165, 1.54) is 105 Å². The molecule has 0 saturated carbocycles. The van der Waals surface area contributed by atoms with Crippen molar-refractivity contribution in [2.24, 2.45) is 0 Å². The lowest BCUT2D eigenvalue weighted by molar-refractivity contribution is -0.929. The summed E-state index contributed by atoms with van der Waals surface area (Å²) in [4.78, 5) is 8.89. The summed E-state index contributed by atoms with van der Waals surface area (Å²) in [6.45, 7) is 16.0. The Hall–Kier alpha value is -3.77. The van der Waals surface area contributed by atoms with Gasteiger partial charge in [0.15, 0.2) is 0 Å². The standard InChI is InChI=1S/C24H20N.C16H36N.C2H4O2.H2O/c1-5-13-21(14-6-1)25(22-15-7-2-8-16-22,23-17-9-3-10-18-23)24-19-11-4-12-20-24;1-5-9-13-17(14-10-6-2,15-11-7-3)16-12-8-4;1-2(3)4;/h1-20H;5-16H2,1-4H3;1H3,(H,3,4);1H2/q2*+1;;/p-2. The van der Waals surface area contributed by atoms with Crippen LogP contribution in [0.25, 0.3) is 0 Å². The largest absolute Gasteiger partial charge is 0.870 e. The molecule has 0 aliphatic rings. The molecule has 256 valence electrons. The van der Waals surface area contributed by atoms with Gasteiger partial charge in [0, 0.05) is 54.5 Å². The molecule has 0 aromatic heterocycles. The summed E-state index contributed by atoms with van der Waals surface area (Å²) in [6.07, 6.45) is 11.1. The molecular formula is C42H60N2O3. The number of hydrogen-bond donors (Lipinski definition) is 0. The molecule has 0 aliphatic heterocycles. The van der Waals surface area contributed by atoms with E-state index in [9.17, 15) is 0 Å². The van der Waals surface area contributed by atoms with Gasteiger partial charge in [-0.15, -0.1) is 0 Å². The van der Waals surface area contributed by atoms with Crippen LogP contribution in [-0.4, -0.2) is 42.1 Å². The third-order valence-electron chi connectivity index (χ3n) is 8.52. The molecule has 0 heterocycles. The topological polar surface area (TPSA) is 70.1 Å². The minimum absolute atomic E-state index is 0. The van der Waals surface area contributed by atoms with Gasteiger partial charge in [-0.25, -0.2) is 0 Å². The first-order chi connectivity index (χ1) is 22.4. The Morgan fingerprint density at radius 2 is 0.660 bits per heavy atom. The zero-order valence-corrected chi connectivity index (χ0v) is 29.7. The second kappa shape index (κ2) is 23.5. The predicted molar refractivity (Wildman–Crippen MR) is 199 cm³/mol. The maximum atomic E-state index is 8.89. The van der Waals surface area contributed by atoms with Crippen molar-refractivity contribution in [2.75, 3.05) is 26.2 Å². The van der Waals surface area contributed by atoms with Crippen LogP contribution in [0.3, 0.4) is 0 Å². The molecule has 4 aromatic rings. The normalized spacial score (nSPS) is 10.8. The SMILES string of the molecule is CC(=O)[O-].CCCC[N+](CCCC)(CCCC)CCCC.[OH-].c1ccc([N+](c2ccccc2)(c2ccccc2)c2ccccc2)cc1. The highest BCUT2D eigenvalue weighted by Gasteiger charge is 2.38. The third kappa shape index (κ3) is 13.1. The zero-order valence-electron chi connectivity index (χ0n) is 29.7. The molecule has 0 aliphatic carbocycles. The number of carbonyl (C=O) groups is 1. The van der Waals surface area contributed by atoms with Gasteiger partial charge in [0.1, 0.15) is 22.7 Å². The fraction of sp³-hybridized carbons (Fsp3) is 0.405. The van der Waals surface area contributed by atoms with Crippen LogP contribution in [0.5, 0.6) is 0 Å². The summed E-state index contributed by atoms with van der Waals surface area (Å²) in [6, 6.07) is 42.8. The van der Waals surface area contributed by atoms with Gasteiger partial charge in [-0.2, -0.15) is 4.48 Å². The van der Waals surface area contributed by atoms with Crippen molar-refractivity contribution in [2.45, 2.75) is 86.0 Å². The highest BCUT2D eigenvalue weighted by Crippen LogP contribution is 2.50. The molecule has 0 fully saturated rings. The van der Waals surface area contributed by atoms with Gasteiger partial charge in [0.05, 0.1) is 26.2 Å². The van der Waals surface area contributed by atoms with Crippen LogP contribution in [0.1, 0.15) is 86.0 Å². The summed E-state index contributed by atoms with van der Waals surface area (Å²) in [5, 5.41) is 8.89. The van der Waals surface area contributed by atoms with Gasteiger partial charge in [-0.1, -0.05) is 126 Å². The number of rotatable bonds is 16. The average molecular weight is 641 g/mol. The number of unbranched alkanes of at least 4 members (excludes halogenated alkanes) is 4. The first-order valence-corrected chi connectivity index (χ1v) is 17.5. The second-order valence-electron chi connectivity index (χ2n) is 12.2. The van der Waals surface area contributed by atoms with Crippen molar-refractivity contribution in [3.8, 4) is 0 Å². The molecule has 47 heavy (non-hydrogen) atoms. The van der Waals surface area contributed by atoms with E-state index in [-0.39, 0.29) is 5.48 Å². The summed E-state index contributed by atoms with van der Waals surface area (Å²) in [5.74, 6) is -1.08. The molecule has 5 heteroatoms. The second-order valence-corrected chi connectivity index (χ2v) is 12.2. The molecule has 0 unspecified atom stereocenters. The summed E-state index contributed by atoms with van der Waals surface area (Å²) in [7, 11) is 0. The summed E-state index contributed by atoms with van der Waals surface area (Å²) in [5.41, 5.74) is 4.86. The Morgan fingerprint density at radius 3 is 0.830 bits per heavy atom. The molecule has 4 rings (SSSR count). The molecule has 0 radical (unpaired) electrons. The number of hydrogen-bond acceptors (Lipinski definition) is 3. The Kier molecular flexibility index (Phi) is 20.7. The molecular weight excluding hydrogens is 580 g/mol. The van der Waals surface area contributed by atoms with Crippen LogP contribution >= 0.6 is 0 Å². The highest BCUT2D eigenvalue weighted by molar-refractivity contribution is 5.81. The van der Waals surface area contributed by atoms with Crippen LogP contribution in [0.15, 0.2) is 121 Å². The molecule has 0 saturated heterocycles. The number of para-hydroxylation sites is 4. The number of aliphatic carboxylic acids is 1. The predicted octanol–water partition coefficient (Wildman–Crippen LogP) is 10.6. The quantitative estimate of drug-likeness (QED) is 0.114. The van der Waals surface area contributed by atoms with Crippen LogP contribution in [0.2, 0.25) is 0 Å². The molecule has 0 spiro atoms. The Labute approximate surface area is 286 Å². The minimum Gasteiger partial charge on any atom is -0.870 e. The van der Waals surface area contributed by atoms with E-state index in [2.05, 4.69) is 149 Å². The fourth-order valence-electron chi connectivity index (χ4n) is 6.15. The molecule has 1 N–H and O–H groups in total. The van der Waals surface area contributed by atoms with Crippen molar-refractivity contribution < 1.29 is 19.9 Å². The molecule has 0 atom stereocenters. The zero-order chi connectivity index (χ0) is 33.5. The van der Waals surface area contributed by atoms with E-state index >= 15 is 0 Å². The van der Waals surface area contributed by atoms with E-state index in [0.29, 0.717) is 4.48 Å². The van der Waals surface area contributed by atoms with E-state index in [1.807, 2.05) is 0 Å². The van der Waals surface area contributed by atoms with Crippen molar-refractivity contribution in [3.05, 3.63) is 121 Å². The van der Waals surface area contributed by atoms with Crippen LogP contribution in [0.4, 0.5) is 22.7 Å². The fourth-order valence-corrected chi connectivity index (χ4v) is 6.15. The van der Waals surface area contributed by atoms with Gasteiger partial charge >= 0.3 is 0 Å². The van der Waals surface area contributed by atoms with E-state index in [4.69, 9.17) is 9.90 Å². The molecule has 0 bridgehead atoms. The maximum absolute atomic E-state index is 8.89. The van der Waals surface area contributed by atoms with E-state index in [1.54, 1.807) is 0 Å². The lowest BCUT2D eigenvalue weighted by Crippen LogP contribution is -2.50. The molecule has 0 amide bonds. The van der Waals surface area contributed by atoms with Gasteiger partial charge < -0.3 is 19.9 Å². The molecule has 5 nitrogen and oxygen atoms in total. The lowest BCUT2D eigenvalue weighted by atomic mass is 10.1. The van der Waals surface area contributed by atoms with Gasteiger partial charge in [-0.05, 0) is 32.6 Å². The number of carboxylic acids is 1. The smallest absolute Gasteiger partial charge is 0.148 e. The third-order valence-corrected chi connectivity index (χ3v) is 8.52. The number of quaternary nitrogens is 2. The van der Waals surface area contributed by atoms with E-state index < -0.39 is 5.97 Å². The van der Waals surface area contributed by atoms with Gasteiger partial charge in [-0.3, -0.25) is 0 Å². The monoisotopic (exact) mass is 640 g/mol. The first kappa shape index (κ1) is 41.3. The van der Waals surface area contributed by atoms with Crippen molar-refractivity contribution in [1.82, 2.24) is 4.48 Å². The van der Waals surface area contributed by atoms with Crippen LogP contribution < -0.4 is 9.59 Å². The minimum atomic E-state index is -1.08. The van der Waals surface area contributed by atoms with Crippen molar-refractivity contribution in [3.63, 3.8) is 0 Å². The summed E-state index contributed by atoms with van der Waals surface area (Å²) < 4.78 is 1.98. The lowest BCUT2D eigenvalue weighted by Gasteiger charge is -2.39. The van der Waals surface area contributed by atoms with Gasteiger partial charge in [0.25, 0.3) is 0 Å². The number of carbonyl (C=O) groups excluding carboxylic acids is 1. The van der Waals surface area contributed by atoms with Crippen molar-refractivity contribution in [1.29, 1.82) is 0 Å². The maximum Gasteiger partial charge on any atom is 0.148 e. The Balaban J connectivity index is 0.000000441. The average Bonchev–Trinajstić information content (AvgIpc) is 3.10. The van der Waals surface area contributed by atoms with Crippen molar-refractivity contribution >= 4 is 28.7 Å².